The van der Waals surface area contributed by atoms with Gasteiger partial charge in [-0.25, -0.2) is 0 Å². The Morgan fingerprint density at radius 1 is 1.20 bits per heavy atom. The van der Waals surface area contributed by atoms with Gasteiger partial charge in [-0.05, 0) is 18.9 Å². The molecule has 2 aliphatic rings. The first-order valence-corrected chi connectivity index (χ1v) is 8.37. The number of carbonyl (C=O) groups is 1. The number of hydrogen-bond donors (Lipinski definition) is 1. The summed E-state index contributed by atoms with van der Waals surface area (Å²) in [7, 11) is 0. The third kappa shape index (κ3) is 2.52. The van der Waals surface area contributed by atoms with Crippen molar-refractivity contribution in [3.05, 3.63) is 68.0 Å². The highest BCUT2D eigenvalue weighted by molar-refractivity contribution is 6.12. The Labute approximate surface area is 143 Å². The fraction of sp³-hybridized carbons (Fsp3) is 0.333. The van der Waals surface area contributed by atoms with Gasteiger partial charge in [-0.3, -0.25) is 24.3 Å². The predicted octanol–water partition coefficient (Wildman–Crippen LogP) is 2.90. The molecular formula is C18H17N3O4. The zero-order chi connectivity index (χ0) is 17.6. The summed E-state index contributed by atoms with van der Waals surface area (Å²) in [4.78, 5) is 35.7. The lowest BCUT2D eigenvalue weighted by Crippen LogP contribution is -2.29. The number of fused-ring (bicyclic) bond motifs is 3. The van der Waals surface area contributed by atoms with Crippen molar-refractivity contribution >= 4 is 17.3 Å². The molecule has 7 nitrogen and oxygen atoms in total. The van der Waals surface area contributed by atoms with Crippen LogP contribution in [0.1, 0.15) is 47.6 Å². The molecule has 1 N–H and O–H groups in total. The Bertz CT molecular complexity index is 934. The Morgan fingerprint density at radius 2 is 2.00 bits per heavy atom. The van der Waals surface area contributed by atoms with Crippen LogP contribution in [0, 0.1) is 10.1 Å². The van der Waals surface area contributed by atoms with Gasteiger partial charge < -0.3 is 5.32 Å². The monoisotopic (exact) mass is 339 g/mol. The molecule has 1 aliphatic carbocycles. The highest BCUT2D eigenvalue weighted by Gasteiger charge is 2.36. The van der Waals surface area contributed by atoms with Gasteiger partial charge in [-0.2, -0.15) is 0 Å². The molecule has 1 aromatic carbocycles. The van der Waals surface area contributed by atoms with Gasteiger partial charge in [0.25, 0.3) is 11.2 Å². The molecule has 0 bridgehead atoms. The minimum atomic E-state index is -0.524. The lowest BCUT2D eigenvalue weighted by atomic mass is 9.91. The second-order valence-electron chi connectivity index (χ2n) is 6.54. The van der Waals surface area contributed by atoms with Crippen molar-refractivity contribution in [2.45, 2.75) is 37.8 Å². The normalized spacial score (nSPS) is 21.1. The van der Waals surface area contributed by atoms with Crippen LogP contribution < -0.4 is 10.9 Å². The number of aromatic nitrogens is 1. The Balaban J connectivity index is 1.79. The average molecular weight is 339 g/mol. The fourth-order valence-corrected chi connectivity index (χ4v) is 3.89. The van der Waals surface area contributed by atoms with Crippen molar-refractivity contribution in [1.29, 1.82) is 0 Å². The third-order valence-corrected chi connectivity index (χ3v) is 5.07. The van der Waals surface area contributed by atoms with Crippen molar-refractivity contribution in [2.24, 2.45) is 0 Å². The van der Waals surface area contributed by atoms with E-state index in [0.29, 0.717) is 11.4 Å². The van der Waals surface area contributed by atoms with Gasteiger partial charge in [0.15, 0.2) is 5.78 Å². The molecule has 2 atom stereocenters. The highest BCUT2D eigenvalue weighted by Crippen LogP contribution is 2.38. The van der Waals surface area contributed by atoms with Crippen LogP contribution in [0.15, 0.2) is 41.2 Å². The molecular weight excluding hydrogens is 322 g/mol. The minimum absolute atomic E-state index is 0.0779. The molecule has 1 aliphatic heterocycles. The summed E-state index contributed by atoms with van der Waals surface area (Å²) in [5, 5.41) is 14.3. The largest absolute Gasteiger partial charge is 0.366 e. The summed E-state index contributed by atoms with van der Waals surface area (Å²) in [6.45, 7) is 0. The quantitative estimate of drug-likeness (QED) is 0.527. The van der Waals surface area contributed by atoms with E-state index < -0.39 is 4.92 Å². The zero-order valence-electron chi connectivity index (χ0n) is 13.5. The summed E-state index contributed by atoms with van der Waals surface area (Å²) < 4.78 is 1.69. The van der Waals surface area contributed by atoms with Crippen LogP contribution in [0.5, 0.6) is 0 Å². The number of nitro groups is 1. The van der Waals surface area contributed by atoms with E-state index >= 15 is 0 Å². The van der Waals surface area contributed by atoms with Gasteiger partial charge in [0.1, 0.15) is 5.82 Å². The molecule has 7 heteroatoms. The SMILES string of the molecule is O=C(c1cccc([N+](=O)[O-])c1)c1ccc(=O)n2c1N[C@@H]1CCCC[C@@H]12. The van der Waals surface area contributed by atoms with Crippen molar-refractivity contribution in [3.8, 4) is 0 Å². The van der Waals surface area contributed by atoms with Crippen molar-refractivity contribution in [2.75, 3.05) is 5.32 Å². The standard InChI is InChI=1S/C18H17N3O4/c22-16-9-8-13(17(23)11-4-3-5-12(10-11)21(24)25)18-19-14-6-1-2-7-15(14)20(16)18/h3-5,8-10,14-15,19H,1-2,6-7H2/t14-,15+/m1/s1. The van der Waals surface area contributed by atoms with E-state index in [1.54, 1.807) is 10.6 Å². The lowest BCUT2D eigenvalue weighted by molar-refractivity contribution is -0.384. The van der Waals surface area contributed by atoms with E-state index in [1.165, 1.54) is 30.3 Å². The average Bonchev–Trinajstić information content (AvgIpc) is 3.02. The number of nitro benzene ring substituents is 1. The van der Waals surface area contributed by atoms with Crippen LogP contribution in [0.25, 0.3) is 0 Å². The Hall–Kier alpha value is -2.96. The van der Waals surface area contributed by atoms with Crippen LogP contribution in [-0.4, -0.2) is 21.3 Å². The maximum atomic E-state index is 12.9. The highest BCUT2D eigenvalue weighted by atomic mass is 16.6. The Kier molecular flexibility index (Phi) is 3.63. The second-order valence-corrected chi connectivity index (χ2v) is 6.54. The maximum Gasteiger partial charge on any atom is 0.270 e. The lowest BCUT2D eigenvalue weighted by Gasteiger charge is -2.25. The number of hydrogen-bond acceptors (Lipinski definition) is 5. The number of carbonyl (C=O) groups excluding carboxylic acids is 1. The summed E-state index contributed by atoms with van der Waals surface area (Å²) in [5.41, 5.74) is 0.381. The number of nitrogens with one attached hydrogen (secondary N) is 1. The molecule has 2 aromatic rings. The van der Waals surface area contributed by atoms with Gasteiger partial charge in [-0.15, -0.1) is 0 Å². The topological polar surface area (TPSA) is 94.2 Å². The van der Waals surface area contributed by atoms with Gasteiger partial charge in [0.2, 0.25) is 0 Å². The molecule has 0 amide bonds. The number of ketones is 1. The van der Waals surface area contributed by atoms with E-state index in [-0.39, 0.29) is 34.7 Å². The molecule has 0 unspecified atom stereocenters. The molecule has 0 spiro atoms. The second kappa shape index (κ2) is 5.84. The van der Waals surface area contributed by atoms with Crippen LogP contribution in [-0.2, 0) is 0 Å². The number of anilines is 1. The molecule has 1 fully saturated rings. The minimum Gasteiger partial charge on any atom is -0.366 e. The molecule has 0 radical (unpaired) electrons. The number of nitrogens with zero attached hydrogens (tertiary/aromatic N) is 2. The van der Waals surface area contributed by atoms with E-state index in [4.69, 9.17) is 0 Å². The van der Waals surface area contributed by atoms with Crippen molar-refractivity contribution < 1.29 is 9.72 Å². The number of rotatable bonds is 3. The fourth-order valence-electron chi connectivity index (χ4n) is 3.89. The van der Waals surface area contributed by atoms with Gasteiger partial charge >= 0.3 is 0 Å². The third-order valence-electron chi connectivity index (χ3n) is 5.07. The van der Waals surface area contributed by atoms with E-state index in [1.807, 2.05) is 0 Å². The molecule has 2 heterocycles. The predicted molar refractivity (Wildman–Crippen MR) is 92.1 cm³/mol. The number of non-ortho nitro benzene ring substituents is 1. The molecule has 25 heavy (non-hydrogen) atoms. The molecule has 1 saturated carbocycles. The van der Waals surface area contributed by atoms with Crippen molar-refractivity contribution in [3.63, 3.8) is 0 Å². The number of pyridine rings is 1. The summed E-state index contributed by atoms with van der Waals surface area (Å²) in [6, 6.07) is 8.84. The van der Waals surface area contributed by atoms with Crippen LogP contribution in [0.2, 0.25) is 0 Å². The zero-order valence-corrected chi connectivity index (χ0v) is 13.5. The summed E-state index contributed by atoms with van der Waals surface area (Å²) in [5.74, 6) is 0.222. The molecule has 1 aromatic heterocycles. The molecule has 4 rings (SSSR count). The molecule has 128 valence electrons. The smallest absolute Gasteiger partial charge is 0.270 e. The first kappa shape index (κ1) is 15.6. The number of benzene rings is 1. The van der Waals surface area contributed by atoms with Crippen LogP contribution in [0.3, 0.4) is 0 Å². The van der Waals surface area contributed by atoms with E-state index in [2.05, 4.69) is 5.32 Å². The van der Waals surface area contributed by atoms with Crippen LogP contribution >= 0.6 is 0 Å². The summed E-state index contributed by atoms with van der Waals surface area (Å²) >= 11 is 0. The first-order valence-electron chi connectivity index (χ1n) is 8.37. The van der Waals surface area contributed by atoms with Gasteiger partial charge in [0.05, 0.1) is 16.5 Å². The van der Waals surface area contributed by atoms with E-state index in [0.717, 1.165) is 25.7 Å². The van der Waals surface area contributed by atoms with Crippen LogP contribution in [0.4, 0.5) is 11.5 Å². The maximum absolute atomic E-state index is 12.9. The first-order chi connectivity index (χ1) is 12.1. The summed E-state index contributed by atoms with van der Waals surface area (Å²) in [6.07, 6.45) is 4.05. The van der Waals surface area contributed by atoms with Crippen molar-refractivity contribution in [1.82, 2.24) is 4.57 Å². The van der Waals surface area contributed by atoms with E-state index in [9.17, 15) is 19.7 Å². The molecule has 0 saturated heterocycles. The van der Waals surface area contributed by atoms with Gasteiger partial charge in [0, 0.05) is 29.8 Å². The Morgan fingerprint density at radius 3 is 2.80 bits per heavy atom. The van der Waals surface area contributed by atoms with Gasteiger partial charge in [-0.1, -0.05) is 25.0 Å².